The molecule has 1 aliphatic heterocycles. The summed E-state index contributed by atoms with van der Waals surface area (Å²) < 4.78 is 10.4. The van der Waals surface area contributed by atoms with Gasteiger partial charge in [0.2, 0.25) is 0 Å². The molecule has 144 valence electrons. The van der Waals surface area contributed by atoms with Crippen molar-refractivity contribution in [3.8, 4) is 5.75 Å². The van der Waals surface area contributed by atoms with Gasteiger partial charge in [-0.05, 0) is 43.4 Å². The smallest absolute Gasteiger partial charge is 0.275 e. The first-order valence-corrected chi connectivity index (χ1v) is 9.41. The van der Waals surface area contributed by atoms with Gasteiger partial charge in [-0.3, -0.25) is 4.79 Å². The molecule has 8 heteroatoms. The Bertz CT molecular complexity index is 574. The van der Waals surface area contributed by atoms with Gasteiger partial charge in [0.25, 0.3) is 5.91 Å². The first-order valence-electron chi connectivity index (χ1n) is 9.00. The number of carbonyl (C=O) groups excluding carboxylic acids is 1. The van der Waals surface area contributed by atoms with Crippen LogP contribution in [0.1, 0.15) is 6.92 Å². The molecule has 0 atom stereocenters. The molecule has 0 unspecified atom stereocenters. The van der Waals surface area contributed by atoms with Crippen molar-refractivity contribution in [3.63, 3.8) is 0 Å². The summed E-state index contributed by atoms with van der Waals surface area (Å²) in [6.45, 7) is 7.68. The van der Waals surface area contributed by atoms with E-state index in [4.69, 9.17) is 21.7 Å². The number of carbonyl (C=O) groups is 1. The van der Waals surface area contributed by atoms with Crippen LogP contribution in [-0.2, 0) is 9.53 Å². The van der Waals surface area contributed by atoms with Gasteiger partial charge in [-0.2, -0.15) is 0 Å². The topological polar surface area (TPSA) is 67.3 Å². The predicted octanol–water partition coefficient (Wildman–Crippen LogP) is -0.255. The summed E-state index contributed by atoms with van der Waals surface area (Å²) in [4.78, 5) is 15.3. The Morgan fingerprint density at radius 2 is 1.96 bits per heavy atom. The van der Waals surface area contributed by atoms with Gasteiger partial charge in [0.1, 0.15) is 5.75 Å². The monoisotopic (exact) mass is 381 g/mol. The molecule has 0 spiro atoms. The molecule has 0 aromatic heterocycles. The summed E-state index contributed by atoms with van der Waals surface area (Å²) in [5.41, 5.74) is 0.950. The number of hydrogen-bond donors (Lipinski definition) is 3. The third kappa shape index (κ3) is 6.78. The third-order valence-electron chi connectivity index (χ3n) is 4.21. The molecule has 2 rings (SSSR count). The highest BCUT2D eigenvalue weighted by Crippen LogP contribution is 2.16. The van der Waals surface area contributed by atoms with E-state index in [0.29, 0.717) is 26.3 Å². The van der Waals surface area contributed by atoms with E-state index in [2.05, 4.69) is 15.5 Å². The lowest BCUT2D eigenvalue weighted by molar-refractivity contribution is -0.895. The molecule has 1 amide bonds. The Kier molecular flexibility index (Phi) is 8.60. The Labute approximate surface area is 160 Å². The highest BCUT2D eigenvalue weighted by Gasteiger charge is 2.23. The van der Waals surface area contributed by atoms with Crippen LogP contribution >= 0.6 is 12.2 Å². The summed E-state index contributed by atoms with van der Waals surface area (Å²) in [5.74, 6) is 0.922. The maximum Gasteiger partial charge on any atom is 0.275 e. The Balaban J connectivity index is 1.71. The van der Waals surface area contributed by atoms with Gasteiger partial charge in [0.15, 0.2) is 11.7 Å². The van der Waals surface area contributed by atoms with Gasteiger partial charge >= 0.3 is 0 Å². The van der Waals surface area contributed by atoms with Gasteiger partial charge in [-0.15, -0.1) is 0 Å². The highest BCUT2D eigenvalue weighted by molar-refractivity contribution is 7.80. The van der Waals surface area contributed by atoms with Crippen LogP contribution in [0.25, 0.3) is 0 Å². The van der Waals surface area contributed by atoms with Crippen LogP contribution in [0, 0.1) is 0 Å². The van der Waals surface area contributed by atoms with E-state index in [9.17, 15) is 4.79 Å². The van der Waals surface area contributed by atoms with E-state index in [1.165, 1.54) is 4.90 Å². The molecule has 1 heterocycles. The minimum atomic E-state index is 0.0700. The number of amides is 1. The van der Waals surface area contributed by atoms with Crippen molar-refractivity contribution in [2.24, 2.45) is 0 Å². The molecule has 0 radical (unpaired) electrons. The lowest BCUT2D eigenvalue weighted by Crippen LogP contribution is -3.15. The minimum Gasteiger partial charge on any atom is -0.494 e. The summed E-state index contributed by atoms with van der Waals surface area (Å²) in [7, 11) is 1.63. The van der Waals surface area contributed by atoms with E-state index in [-0.39, 0.29) is 5.91 Å². The van der Waals surface area contributed by atoms with Crippen molar-refractivity contribution in [2.45, 2.75) is 6.92 Å². The number of rotatable bonds is 8. The van der Waals surface area contributed by atoms with Crippen LogP contribution in [-0.4, -0.2) is 75.5 Å². The average Bonchev–Trinajstić information content (AvgIpc) is 2.64. The van der Waals surface area contributed by atoms with Gasteiger partial charge in [0.05, 0.1) is 39.4 Å². The zero-order valence-corrected chi connectivity index (χ0v) is 16.4. The second kappa shape index (κ2) is 10.9. The van der Waals surface area contributed by atoms with Crippen LogP contribution in [0.4, 0.5) is 5.69 Å². The normalized spacial score (nSPS) is 14.8. The SMILES string of the molecule is CCOc1ccc(NC(=S)N2CC[NH+](CC(=O)NCCOC)CC2)cc1. The van der Waals surface area contributed by atoms with Crippen LogP contribution in [0.3, 0.4) is 0 Å². The van der Waals surface area contributed by atoms with E-state index >= 15 is 0 Å². The summed E-state index contributed by atoms with van der Waals surface area (Å²) in [6.07, 6.45) is 0. The molecular formula is C18H29N4O3S+. The number of thiocarbonyl (C=S) groups is 1. The van der Waals surface area contributed by atoms with Crippen molar-refractivity contribution in [1.82, 2.24) is 10.2 Å². The van der Waals surface area contributed by atoms with Gasteiger partial charge in [-0.1, -0.05) is 0 Å². The molecule has 1 aliphatic rings. The van der Waals surface area contributed by atoms with Crippen molar-refractivity contribution < 1.29 is 19.2 Å². The molecular weight excluding hydrogens is 352 g/mol. The molecule has 7 nitrogen and oxygen atoms in total. The molecule has 3 N–H and O–H groups in total. The first-order chi connectivity index (χ1) is 12.6. The van der Waals surface area contributed by atoms with Crippen molar-refractivity contribution in [3.05, 3.63) is 24.3 Å². The molecule has 0 bridgehead atoms. The number of nitrogens with zero attached hydrogens (tertiary/aromatic N) is 1. The van der Waals surface area contributed by atoms with E-state index in [1.54, 1.807) is 7.11 Å². The number of ether oxygens (including phenoxy) is 2. The Hall–Kier alpha value is -1.90. The maximum atomic E-state index is 11.9. The van der Waals surface area contributed by atoms with Gasteiger partial charge in [-0.25, -0.2) is 0 Å². The van der Waals surface area contributed by atoms with Crippen molar-refractivity contribution >= 4 is 28.9 Å². The number of quaternary nitrogens is 1. The zero-order valence-electron chi connectivity index (χ0n) is 15.5. The average molecular weight is 382 g/mol. The van der Waals surface area contributed by atoms with Crippen LogP contribution in [0.5, 0.6) is 5.75 Å². The molecule has 1 saturated heterocycles. The molecule has 1 aromatic rings. The highest BCUT2D eigenvalue weighted by atomic mass is 32.1. The Morgan fingerprint density at radius 3 is 2.58 bits per heavy atom. The molecule has 0 aliphatic carbocycles. The predicted molar refractivity (Wildman–Crippen MR) is 106 cm³/mol. The molecule has 1 fully saturated rings. The number of piperazine rings is 1. The summed E-state index contributed by atoms with van der Waals surface area (Å²) in [5, 5.41) is 6.85. The molecule has 26 heavy (non-hydrogen) atoms. The first kappa shape index (κ1) is 20.4. The van der Waals surface area contributed by atoms with Crippen LogP contribution < -0.4 is 20.3 Å². The van der Waals surface area contributed by atoms with Crippen molar-refractivity contribution in [1.29, 1.82) is 0 Å². The van der Waals surface area contributed by atoms with Crippen molar-refractivity contribution in [2.75, 3.05) is 64.9 Å². The van der Waals surface area contributed by atoms with E-state index < -0.39 is 0 Å². The number of anilines is 1. The Morgan fingerprint density at radius 1 is 1.27 bits per heavy atom. The second-order valence-corrected chi connectivity index (χ2v) is 6.53. The zero-order chi connectivity index (χ0) is 18.8. The van der Waals surface area contributed by atoms with Gasteiger partial charge in [0, 0.05) is 19.3 Å². The summed E-state index contributed by atoms with van der Waals surface area (Å²) in [6, 6.07) is 7.78. The minimum absolute atomic E-state index is 0.0700. The number of hydrogen-bond acceptors (Lipinski definition) is 4. The largest absolute Gasteiger partial charge is 0.494 e. The number of methoxy groups -OCH3 is 1. The number of nitrogens with one attached hydrogen (secondary N) is 3. The van der Waals surface area contributed by atoms with Crippen LogP contribution in [0.2, 0.25) is 0 Å². The molecule has 1 aromatic carbocycles. The quantitative estimate of drug-likeness (QED) is 0.426. The molecule has 0 saturated carbocycles. The lowest BCUT2D eigenvalue weighted by atomic mass is 10.3. The third-order valence-corrected chi connectivity index (χ3v) is 4.57. The van der Waals surface area contributed by atoms with E-state index in [1.807, 2.05) is 31.2 Å². The van der Waals surface area contributed by atoms with E-state index in [0.717, 1.165) is 42.7 Å². The maximum absolute atomic E-state index is 11.9. The summed E-state index contributed by atoms with van der Waals surface area (Å²) >= 11 is 5.52. The lowest BCUT2D eigenvalue weighted by Gasteiger charge is -2.33. The van der Waals surface area contributed by atoms with Crippen LogP contribution in [0.15, 0.2) is 24.3 Å². The fourth-order valence-corrected chi connectivity index (χ4v) is 3.09. The second-order valence-electron chi connectivity index (χ2n) is 6.14. The number of benzene rings is 1. The van der Waals surface area contributed by atoms with Gasteiger partial charge < -0.3 is 29.9 Å². The fraction of sp³-hybridized carbons (Fsp3) is 0.556. The standard InChI is InChI=1S/C18H28N4O3S/c1-3-25-16-6-4-15(5-7-16)20-18(26)22-11-9-21(10-12-22)14-17(23)19-8-13-24-2/h4-7H,3,8-14H2,1-2H3,(H,19,23)(H,20,26)/p+1. The fourth-order valence-electron chi connectivity index (χ4n) is 2.79.